The SMILES string of the molecule is CC.CCc1cc2cn(C)nc2cc1F. The van der Waals surface area contributed by atoms with Crippen molar-refractivity contribution in [2.45, 2.75) is 27.2 Å². The van der Waals surface area contributed by atoms with Gasteiger partial charge in [0.15, 0.2) is 0 Å². The molecule has 0 saturated heterocycles. The highest BCUT2D eigenvalue weighted by atomic mass is 19.1. The lowest BCUT2D eigenvalue weighted by Crippen LogP contribution is -1.87. The van der Waals surface area contributed by atoms with E-state index in [0.717, 1.165) is 22.9 Å². The van der Waals surface area contributed by atoms with Crippen LogP contribution in [0, 0.1) is 5.82 Å². The van der Waals surface area contributed by atoms with Crippen molar-refractivity contribution in [2.24, 2.45) is 7.05 Å². The van der Waals surface area contributed by atoms with Gasteiger partial charge < -0.3 is 0 Å². The molecule has 0 aliphatic rings. The highest BCUT2D eigenvalue weighted by molar-refractivity contribution is 5.78. The lowest BCUT2D eigenvalue weighted by molar-refractivity contribution is 0.614. The van der Waals surface area contributed by atoms with Gasteiger partial charge in [-0.25, -0.2) is 4.39 Å². The van der Waals surface area contributed by atoms with E-state index in [1.54, 1.807) is 4.68 Å². The van der Waals surface area contributed by atoms with Crippen molar-refractivity contribution in [1.82, 2.24) is 9.78 Å². The molecule has 0 atom stereocenters. The largest absolute Gasteiger partial charge is 0.275 e. The van der Waals surface area contributed by atoms with Crippen LogP contribution in [0.4, 0.5) is 4.39 Å². The Hall–Kier alpha value is -1.38. The van der Waals surface area contributed by atoms with Crippen LogP contribution in [0.1, 0.15) is 26.3 Å². The molecular weight excluding hydrogens is 191 g/mol. The van der Waals surface area contributed by atoms with Crippen molar-refractivity contribution >= 4 is 10.9 Å². The van der Waals surface area contributed by atoms with Crippen molar-refractivity contribution in [3.05, 3.63) is 29.7 Å². The zero-order valence-electron chi connectivity index (χ0n) is 9.71. The standard InChI is InChI=1S/C10H11FN2.C2H6/c1-3-7-4-8-6-13(2)12-10(8)5-9(7)11;1-2/h4-6H,3H2,1-2H3;1-2H3. The average Bonchev–Trinajstić information content (AvgIpc) is 2.59. The number of fused-ring (bicyclic) bond motifs is 1. The third kappa shape index (κ3) is 2.35. The van der Waals surface area contributed by atoms with Crippen LogP contribution in [-0.4, -0.2) is 9.78 Å². The van der Waals surface area contributed by atoms with Gasteiger partial charge in [0.1, 0.15) is 5.82 Å². The second kappa shape index (κ2) is 4.91. The van der Waals surface area contributed by atoms with Crippen molar-refractivity contribution in [3.8, 4) is 0 Å². The number of aromatic nitrogens is 2. The first-order chi connectivity index (χ1) is 7.20. The van der Waals surface area contributed by atoms with Gasteiger partial charge in [0, 0.05) is 24.7 Å². The van der Waals surface area contributed by atoms with Gasteiger partial charge in [-0.3, -0.25) is 4.68 Å². The summed E-state index contributed by atoms with van der Waals surface area (Å²) in [6.45, 7) is 5.95. The first kappa shape index (κ1) is 11.7. The highest BCUT2D eigenvalue weighted by Crippen LogP contribution is 2.17. The Morgan fingerprint density at radius 3 is 2.60 bits per heavy atom. The summed E-state index contributed by atoms with van der Waals surface area (Å²) in [5.41, 5.74) is 1.47. The molecular formula is C12H17FN2. The fourth-order valence-corrected chi connectivity index (χ4v) is 1.49. The summed E-state index contributed by atoms with van der Waals surface area (Å²) in [5.74, 6) is -0.159. The molecule has 2 rings (SSSR count). The minimum atomic E-state index is -0.159. The normalized spacial score (nSPS) is 9.93. The van der Waals surface area contributed by atoms with Gasteiger partial charge in [-0.2, -0.15) is 5.10 Å². The van der Waals surface area contributed by atoms with Crippen LogP contribution in [0.3, 0.4) is 0 Å². The number of rotatable bonds is 1. The maximum atomic E-state index is 13.3. The van der Waals surface area contributed by atoms with Gasteiger partial charge in [-0.05, 0) is 18.1 Å². The molecule has 82 valence electrons. The summed E-state index contributed by atoms with van der Waals surface area (Å²) in [6, 6.07) is 3.35. The number of benzene rings is 1. The molecule has 15 heavy (non-hydrogen) atoms. The number of nitrogens with zero attached hydrogens (tertiary/aromatic N) is 2. The molecule has 1 aromatic heterocycles. The molecule has 2 aromatic rings. The monoisotopic (exact) mass is 208 g/mol. The third-order valence-electron chi connectivity index (χ3n) is 2.17. The molecule has 0 N–H and O–H groups in total. The summed E-state index contributed by atoms with van der Waals surface area (Å²) in [7, 11) is 1.84. The number of halogens is 1. The average molecular weight is 208 g/mol. The van der Waals surface area contributed by atoms with Crippen LogP contribution >= 0.6 is 0 Å². The van der Waals surface area contributed by atoms with Crippen LogP contribution < -0.4 is 0 Å². The van der Waals surface area contributed by atoms with Crippen molar-refractivity contribution in [2.75, 3.05) is 0 Å². The molecule has 0 aliphatic carbocycles. The Bertz CT molecular complexity index is 446. The van der Waals surface area contributed by atoms with Crippen molar-refractivity contribution in [3.63, 3.8) is 0 Å². The van der Waals surface area contributed by atoms with Gasteiger partial charge in [0.25, 0.3) is 0 Å². The predicted octanol–water partition coefficient (Wildman–Crippen LogP) is 3.30. The zero-order chi connectivity index (χ0) is 11.4. The van der Waals surface area contributed by atoms with Crippen LogP contribution in [0.25, 0.3) is 10.9 Å². The van der Waals surface area contributed by atoms with Crippen molar-refractivity contribution < 1.29 is 4.39 Å². The summed E-state index contributed by atoms with van der Waals surface area (Å²) < 4.78 is 15.0. The predicted molar refractivity (Wildman–Crippen MR) is 61.4 cm³/mol. The maximum absolute atomic E-state index is 13.3. The molecule has 0 radical (unpaired) electrons. The molecule has 0 bridgehead atoms. The first-order valence-corrected chi connectivity index (χ1v) is 5.32. The molecule has 0 saturated carbocycles. The van der Waals surface area contributed by atoms with E-state index in [1.807, 2.05) is 40.1 Å². The Balaban J connectivity index is 0.000000531. The third-order valence-corrected chi connectivity index (χ3v) is 2.17. The summed E-state index contributed by atoms with van der Waals surface area (Å²) in [4.78, 5) is 0. The van der Waals surface area contributed by atoms with E-state index in [-0.39, 0.29) is 5.82 Å². The van der Waals surface area contributed by atoms with E-state index in [2.05, 4.69) is 5.10 Å². The van der Waals surface area contributed by atoms with E-state index in [9.17, 15) is 4.39 Å². The van der Waals surface area contributed by atoms with E-state index in [1.165, 1.54) is 6.07 Å². The van der Waals surface area contributed by atoms with Gasteiger partial charge in [-0.1, -0.05) is 20.8 Å². The minimum absolute atomic E-state index is 0.159. The summed E-state index contributed by atoms with van der Waals surface area (Å²) >= 11 is 0. The Morgan fingerprint density at radius 2 is 2.00 bits per heavy atom. The smallest absolute Gasteiger partial charge is 0.128 e. The van der Waals surface area contributed by atoms with Gasteiger partial charge in [-0.15, -0.1) is 0 Å². The van der Waals surface area contributed by atoms with Crippen LogP contribution in [0.2, 0.25) is 0 Å². The van der Waals surface area contributed by atoms with Crippen LogP contribution in [0.15, 0.2) is 18.3 Å². The molecule has 0 aliphatic heterocycles. The molecule has 0 amide bonds. The zero-order valence-corrected chi connectivity index (χ0v) is 9.71. The first-order valence-electron chi connectivity index (χ1n) is 5.32. The number of hydrogen-bond donors (Lipinski definition) is 0. The molecule has 2 nitrogen and oxygen atoms in total. The molecule has 0 unspecified atom stereocenters. The van der Waals surface area contributed by atoms with E-state index in [0.29, 0.717) is 0 Å². The van der Waals surface area contributed by atoms with Crippen molar-refractivity contribution in [1.29, 1.82) is 0 Å². The fraction of sp³-hybridized carbons (Fsp3) is 0.417. The Labute approximate surface area is 89.7 Å². The lowest BCUT2D eigenvalue weighted by Gasteiger charge is -1.97. The van der Waals surface area contributed by atoms with E-state index >= 15 is 0 Å². The van der Waals surface area contributed by atoms with Gasteiger partial charge in [0.05, 0.1) is 5.52 Å². The van der Waals surface area contributed by atoms with Gasteiger partial charge >= 0.3 is 0 Å². The summed E-state index contributed by atoms with van der Waals surface area (Å²) in [5, 5.41) is 5.13. The lowest BCUT2D eigenvalue weighted by atomic mass is 10.1. The molecule has 3 heteroatoms. The van der Waals surface area contributed by atoms with Gasteiger partial charge in [0.2, 0.25) is 0 Å². The topological polar surface area (TPSA) is 17.8 Å². The molecule has 1 heterocycles. The Morgan fingerprint density at radius 1 is 1.33 bits per heavy atom. The molecule has 0 spiro atoms. The van der Waals surface area contributed by atoms with E-state index in [4.69, 9.17) is 0 Å². The second-order valence-electron chi connectivity index (χ2n) is 3.16. The quantitative estimate of drug-likeness (QED) is 0.703. The Kier molecular flexibility index (Phi) is 3.83. The second-order valence-corrected chi connectivity index (χ2v) is 3.16. The van der Waals surface area contributed by atoms with E-state index < -0.39 is 0 Å². The molecule has 0 fully saturated rings. The number of aryl methyl sites for hydroxylation is 2. The highest BCUT2D eigenvalue weighted by Gasteiger charge is 2.04. The van der Waals surface area contributed by atoms with Crippen LogP contribution in [-0.2, 0) is 13.5 Å². The minimum Gasteiger partial charge on any atom is -0.275 e. The maximum Gasteiger partial charge on any atom is 0.128 e. The van der Waals surface area contributed by atoms with Crippen LogP contribution in [0.5, 0.6) is 0 Å². The fourth-order valence-electron chi connectivity index (χ4n) is 1.49. The summed E-state index contributed by atoms with van der Waals surface area (Å²) in [6.07, 6.45) is 2.62. The molecule has 1 aromatic carbocycles. The number of hydrogen-bond acceptors (Lipinski definition) is 1.